The highest BCUT2D eigenvalue weighted by Gasteiger charge is 2.11. The van der Waals surface area contributed by atoms with Crippen LogP contribution >= 0.6 is 15.9 Å². The zero-order chi connectivity index (χ0) is 14.3. The van der Waals surface area contributed by atoms with E-state index in [1.165, 1.54) is 6.07 Å². The lowest BCUT2D eigenvalue weighted by Gasteiger charge is -2.03. The standard InChI is InChI=1S/C15H13BrFN3/c1-20-14-5-2-9(8-18)6-13(14)19-15(20)10-3-4-12(17)11(16)7-10/h2-7H,8,18H2,1H3. The molecule has 0 spiro atoms. The molecule has 0 aliphatic heterocycles. The summed E-state index contributed by atoms with van der Waals surface area (Å²) in [5.41, 5.74) is 9.48. The predicted octanol–water partition coefficient (Wildman–Crippen LogP) is 3.60. The smallest absolute Gasteiger partial charge is 0.140 e. The van der Waals surface area contributed by atoms with Crippen molar-refractivity contribution in [2.24, 2.45) is 12.8 Å². The average Bonchev–Trinajstić information content (AvgIpc) is 2.78. The summed E-state index contributed by atoms with van der Waals surface area (Å²) in [6, 6.07) is 10.9. The molecule has 2 aromatic carbocycles. The molecule has 0 radical (unpaired) electrons. The Hall–Kier alpha value is -1.72. The van der Waals surface area contributed by atoms with Crippen LogP contribution in [0.5, 0.6) is 0 Å². The second-order valence-electron chi connectivity index (χ2n) is 4.65. The first-order chi connectivity index (χ1) is 9.60. The molecule has 0 atom stereocenters. The van der Waals surface area contributed by atoms with Crippen molar-refractivity contribution in [1.82, 2.24) is 9.55 Å². The van der Waals surface area contributed by atoms with Gasteiger partial charge in [0.25, 0.3) is 0 Å². The van der Waals surface area contributed by atoms with Gasteiger partial charge in [-0.25, -0.2) is 9.37 Å². The van der Waals surface area contributed by atoms with Gasteiger partial charge in [-0.15, -0.1) is 0 Å². The van der Waals surface area contributed by atoms with Crippen LogP contribution in [-0.4, -0.2) is 9.55 Å². The van der Waals surface area contributed by atoms with Crippen LogP contribution < -0.4 is 5.73 Å². The van der Waals surface area contributed by atoms with Crippen molar-refractivity contribution in [3.05, 3.63) is 52.3 Å². The number of fused-ring (bicyclic) bond motifs is 1. The van der Waals surface area contributed by atoms with Gasteiger partial charge < -0.3 is 10.3 Å². The molecule has 0 amide bonds. The Bertz CT molecular complexity index is 795. The normalized spacial score (nSPS) is 11.2. The van der Waals surface area contributed by atoms with Crippen molar-refractivity contribution in [1.29, 1.82) is 0 Å². The van der Waals surface area contributed by atoms with Crippen LogP contribution in [0.2, 0.25) is 0 Å². The van der Waals surface area contributed by atoms with Crippen molar-refractivity contribution in [2.45, 2.75) is 6.54 Å². The van der Waals surface area contributed by atoms with E-state index in [9.17, 15) is 4.39 Å². The Kier molecular flexibility index (Phi) is 3.31. The molecule has 1 aromatic heterocycles. The summed E-state index contributed by atoms with van der Waals surface area (Å²) in [6.45, 7) is 0.490. The van der Waals surface area contributed by atoms with Gasteiger partial charge in [0.05, 0.1) is 15.5 Å². The van der Waals surface area contributed by atoms with Crippen LogP contribution in [0.3, 0.4) is 0 Å². The van der Waals surface area contributed by atoms with E-state index in [1.54, 1.807) is 12.1 Å². The summed E-state index contributed by atoms with van der Waals surface area (Å²) in [6.07, 6.45) is 0. The van der Waals surface area contributed by atoms with Gasteiger partial charge in [-0.2, -0.15) is 0 Å². The van der Waals surface area contributed by atoms with Crippen molar-refractivity contribution in [3.8, 4) is 11.4 Å². The summed E-state index contributed by atoms with van der Waals surface area (Å²) < 4.78 is 15.8. The number of rotatable bonds is 2. The van der Waals surface area contributed by atoms with Gasteiger partial charge in [0.15, 0.2) is 0 Å². The third kappa shape index (κ3) is 2.13. The lowest BCUT2D eigenvalue weighted by Crippen LogP contribution is -1.96. The number of hydrogen-bond acceptors (Lipinski definition) is 2. The maximum Gasteiger partial charge on any atom is 0.140 e. The van der Waals surface area contributed by atoms with E-state index in [2.05, 4.69) is 20.9 Å². The fourth-order valence-electron chi connectivity index (χ4n) is 2.27. The van der Waals surface area contributed by atoms with E-state index in [1.807, 2.05) is 29.8 Å². The monoisotopic (exact) mass is 333 g/mol. The summed E-state index contributed by atoms with van der Waals surface area (Å²) in [7, 11) is 1.95. The number of imidazole rings is 1. The van der Waals surface area contributed by atoms with Crippen LogP contribution in [0.25, 0.3) is 22.4 Å². The second-order valence-corrected chi connectivity index (χ2v) is 5.50. The van der Waals surface area contributed by atoms with E-state index in [4.69, 9.17) is 5.73 Å². The molecule has 0 unspecified atom stereocenters. The highest BCUT2D eigenvalue weighted by molar-refractivity contribution is 9.10. The third-order valence-corrected chi connectivity index (χ3v) is 3.97. The Morgan fingerprint density at radius 3 is 2.75 bits per heavy atom. The topological polar surface area (TPSA) is 43.8 Å². The maximum absolute atomic E-state index is 13.3. The maximum atomic E-state index is 13.3. The fourth-order valence-corrected chi connectivity index (χ4v) is 2.64. The van der Waals surface area contributed by atoms with Gasteiger partial charge in [0.2, 0.25) is 0 Å². The largest absolute Gasteiger partial charge is 0.327 e. The summed E-state index contributed by atoms with van der Waals surface area (Å²) in [4.78, 5) is 4.63. The molecule has 0 saturated carbocycles. The predicted molar refractivity (Wildman–Crippen MR) is 81.7 cm³/mol. The molecule has 2 N–H and O–H groups in total. The molecular weight excluding hydrogens is 321 g/mol. The second kappa shape index (κ2) is 5.00. The average molecular weight is 334 g/mol. The van der Waals surface area contributed by atoms with Gasteiger partial charge in [-0.3, -0.25) is 0 Å². The van der Waals surface area contributed by atoms with Gasteiger partial charge in [0, 0.05) is 19.2 Å². The minimum absolute atomic E-state index is 0.280. The van der Waals surface area contributed by atoms with Gasteiger partial charge in [-0.05, 0) is 51.8 Å². The van der Waals surface area contributed by atoms with Gasteiger partial charge >= 0.3 is 0 Å². The van der Waals surface area contributed by atoms with E-state index >= 15 is 0 Å². The zero-order valence-corrected chi connectivity index (χ0v) is 12.5. The minimum atomic E-state index is -0.280. The van der Waals surface area contributed by atoms with E-state index in [0.717, 1.165) is 28.0 Å². The van der Waals surface area contributed by atoms with Crippen LogP contribution in [0.15, 0.2) is 40.9 Å². The van der Waals surface area contributed by atoms with Crippen LogP contribution in [0, 0.1) is 5.82 Å². The highest BCUT2D eigenvalue weighted by atomic mass is 79.9. The Labute approximate surface area is 124 Å². The molecular formula is C15H13BrFN3. The quantitative estimate of drug-likeness (QED) is 0.778. The molecule has 5 heteroatoms. The van der Waals surface area contributed by atoms with Crippen LogP contribution in [0.4, 0.5) is 4.39 Å². The van der Waals surface area contributed by atoms with Crippen molar-refractivity contribution < 1.29 is 4.39 Å². The third-order valence-electron chi connectivity index (χ3n) is 3.36. The van der Waals surface area contributed by atoms with Gasteiger partial charge in [0.1, 0.15) is 11.6 Å². The molecule has 1 heterocycles. The molecule has 3 rings (SSSR count). The Morgan fingerprint density at radius 2 is 2.05 bits per heavy atom. The highest BCUT2D eigenvalue weighted by Crippen LogP contribution is 2.27. The van der Waals surface area contributed by atoms with Crippen molar-refractivity contribution in [3.63, 3.8) is 0 Å². The first kappa shape index (κ1) is 13.3. The summed E-state index contributed by atoms with van der Waals surface area (Å²) >= 11 is 3.21. The summed E-state index contributed by atoms with van der Waals surface area (Å²) in [5.74, 6) is 0.521. The van der Waals surface area contributed by atoms with E-state index < -0.39 is 0 Å². The minimum Gasteiger partial charge on any atom is -0.327 e. The molecule has 0 bridgehead atoms. The molecule has 0 aliphatic rings. The molecule has 3 aromatic rings. The van der Waals surface area contributed by atoms with Crippen molar-refractivity contribution in [2.75, 3.05) is 0 Å². The molecule has 0 fully saturated rings. The van der Waals surface area contributed by atoms with Crippen LogP contribution in [-0.2, 0) is 13.6 Å². The molecule has 102 valence electrons. The summed E-state index contributed by atoms with van der Waals surface area (Å²) in [5, 5.41) is 0. The Balaban J connectivity index is 2.20. The van der Waals surface area contributed by atoms with Crippen molar-refractivity contribution >= 4 is 27.0 Å². The number of halogens is 2. The van der Waals surface area contributed by atoms with E-state index in [-0.39, 0.29) is 5.82 Å². The molecule has 0 saturated heterocycles. The number of nitrogens with zero attached hydrogens (tertiary/aromatic N) is 2. The first-order valence-electron chi connectivity index (χ1n) is 6.21. The Morgan fingerprint density at radius 1 is 1.25 bits per heavy atom. The number of benzene rings is 2. The SMILES string of the molecule is Cn1c(-c2ccc(F)c(Br)c2)nc2cc(CN)ccc21. The molecule has 0 aliphatic carbocycles. The number of hydrogen-bond donors (Lipinski definition) is 1. The zero-order valence-electron chi connectivity index (χ0n) is 10.9. The number of nitrogens with two attached hydrogens (primary N) is 1. The lowest BCUT2D eigenvalue weighted by atomic mass is 10.2. The van der Waals surface area contributed by atoms with Crippen LogP contribution in [0.1, 0.15) is 5.56 Å². The van der Waals surface area contributed by atoms with Gasteiger partial charge in [-0.1, -0.05) is 6.07 Å². The number of aromatic nitrogens is 2. The molecule has 3 nitrogen and oxygen atoms in total. The van der Waals surface area contributed by atoms with E-state index in [0.29, 0.717) is 11.0 Å². The molecule has 20 heavy (non-hydrogen) atoms. The lowest BCUT2D eigenvalue weighted by molar-refractivity contribution is 0.621. The number of aryl methyl sites for hydroxylation is 1. The first-order valence-corrected chi connectivity index (χ1v) is 7.00. The fraction of sp³-hybridized carbons (Fsp3) is 0.133.